The minimum absolute atomic E-state index is 0.125. The van der Waals surface area contributed by atoms with Crippen molar-refractivity contribution in [1.29, 1.82) is 0 Å². The quantitative estimate of drug-likeness (QED) is 0.639. The molecule has 0 unspecified atom stereocenters. The summed E-state index contributed by atoms with van der Waals surface area (Å²) < 4.78 is 4.69. The van der Waals surface area contributed by atoms with E-state index in [-0.39, 0.29) is 13.2 Å². The van der Waals surface area contributed by atoms with Crippen LogP contribution in [-0.2, 0) is 4.74 Å². The van der Waals surface area contributed by atoms with Crippen molar-refractivity contribution in [2.45, 2.75) is 20.3 Å². The molecule has 2 N–H and O–H groups in total. The van der Waals surface area contributed by atoms with Crippen molar-refractivity contribution in [3.63, 3.8) is 0 Å². The number of hydrogen-bond donors (Lipinski definition) is 2. The predicted molar refractivity (Wildman–Crippen MR) is 52.2 cm³/mol. The molecular weight excluding hydrogens is 156 g/mol. The smallest absolute Gasteiger partial charge is 0.0662 e. The Labute approximate surface area is 75.7 Å². The molecule has 12 heavy (non-hydrogen) atoms. The van der Waals surface area contributed by atoms with E-state index in [0.717, 1.165) is 13.0 Å². The van der Waals surface area contributed by atoms with E-state index < -0.39 is 0 Å². The second-order valence-electron chi connectivity index (χ2n) is 1.85. The van der Waals surface area contributed by atoms with Crippen molar-refractivity contribution in [2.75, 3.05) is 26.9 Å². The van der Waals surface area contributed by atoms with E-state index in [1.54, 1.807) is 13.2 Å². The maximum absolute atomic E-state index is 7.62. The summed E-state index contributed by atoms with van der Waals surface area (Å²) in [4.78, 5) is 0. The van der Waals surface area contributed by atoms with Crippen LogP contribution >= 0.6 is 0 Å². The van der Waals surface area contributed by atoms with Crippen molar-refractivity contribution in [2.24, 2.45) is 0 Å². The number of hydrogen-bond acceptors (Lipinski definition) is 3. The molecule has 3 heteroatoms. The van der Waals surface area contributed by atoms with E-state index >= 15 is 0 Å². The highest BCUT2D eigenvalue weighted by Crippen LogP contribution is 1.70. The Bertz CT molecular complexity index is 51.7. The van der Waals surface area contributed by atoms with Gasteiger partial charge in [0.1, 0.15) is 0 Å². The molecule has 0 aliphatic rings. The lowest BCUT2D eigenvalue weighted by Gasteiger charge is -1.84. The first kappa shape index (κ1) is 17.6. The molecule has 0 saturated heterocycles. The maximum atomic E-state index is 7.62. The van der Waals surface area contributed by atoms with Crippen LogP contribution in [0.3, 0.4) is 0 Å². The zero-order chi connectivity index (χ0) is 10.2. The van der Waals surface area contributed by atoms with E-state index in [1.165, 1.54) is 0 Å². The van der Waals surface area contributed by atoms with Gasteiger partial charge in [-0.05, 0) is 13.3 Å². The monoisotopic (exact) mass is 178 g/mol. The van der Waals surface area contributed by atoms with Crippen LogP contribution in [0.2, 0.25) is 0 Å². The van der Waals surface area contributed by atoms with Crippen molar-refractivity contribution >= 4 is 0 Å². The Morgan fingerprint density at radius 2 is 1.67 bits per heavy atom. The molecule has 0 aromatic heterocycles. The van der Waals surface area contributed by atoms with Gasteiger partial charge in [0.05, 0.1) is 13.2 Å². The number of rotatable bonds is 3. The summed E-state index contributed by atoms with van der Waals surface area (Å²) in [5.41, 5.74) is 0. The van der Waals surface area contributed by atoms with Gasteiger partial charge in [-0.1, -0.05) is 13.0 Å². The summed E-state index contributed by atoms with van der Waals surface area (Å²) in [5.74, 6) is 0. The van der Waals surface area contributed by atoms with Crippen molar-refractivity contribution in [3.8, 4) is 0 Å². The van der Waals surface area contributed by atoms with Crippen LogP contribution in [-0.4, -0.2) is 37.1 Å². The largest absolute Gasteiger partial charge is 0.394 e. The fourth-order valence-electron chi connectivity index (χ4n) is 0.204. The molecular formula is C9H22O3. The molecule has 0 aromatic rings. The first-order valence-electron chi connectivity index (χ1n) is 4.02. The van der Waals surface area contributed by atoms with Crippen LogP contribution in [0.25, 0.3) is 0 Å². The molecule has 0 heterocycles. The lowest BCUT2D eigenvalue weighted by molar-refractivity contribution is 0.186. The first-order chi connectivity index (χ1) is 5.74. The summed E-state index contributed by atoms with van der Waals surface area (Å²) in [5, 5.41) is 15.2. The van der Waals surface area contributed by atoms with Gasteiger partial charge in [-0.15, -0.1) is 6.58 Å². The van der Waals surface area contributed by atoms with Gasteiger partial charge in [0.25, 0.3) is 0 Å². The topological polar surface area (TPSA) is 49.7 Å². The van der Waals surface area contributed by atoms with Gasteiger partial charge >= 0.3 is 0 Å². The summed E-state index contributed by atoms with van der Waals surface area (Å²) in [6, 6.07) is 0. The van der Waals surface area contributed by atoms with E-state index in [9.17, 15) is 0 Å². The van der Waals surface area contributed by atoms with Gasteiger partial charge in [0.15, 0.2) is 0 Å². The highest BCUT2D eigenvalue weighted by Gasteiger charge is 1.66. The van der Waals surface area contributed by atoms with Gasteiger partial charge in [-0.25, -0.2) is 0 Å². The maximum Gasteiger partial charge on any atom is 0.0662 e. The highest BCUT2D eigenvalue weighted by atomic mass is 16.5. The number of aliphatic hydroxyl groups is 2. The zero-order valence-electron chi connectivity index (χ0n) is 8.42. The van der Waals surface area contributed by atoms with Crippen LogP contribution in [0.1, 0.15) is 20.3 Å². The molecule has 0 radical (unpaired) electrons. The molecule has 0 aliphatic carbocycles. The van der Waals surface area contributed by atoms with Gasteiger partial charge < -0.3 is 14.9 Å². The first-order valence-corrected chi connectivity index (χ1v) is 4.02. The van der Waals surface area contributed by atoms with Crippen LogP contribution in [0, 0.1) is 0 Å². The lowest BCUT2D eigenvalue weighted by Crippen LogP contribution is -1.85. The molecule has 0 aromatic carbocycles. The normalized spacial score (nSPS) is 7.08. The average Bonchev–Trinajstić information content (AvgIpc) is 2.08. The van der Waals surface area contributed by atoms with E-state index in [1.807, 2.05) is 6.92 Å². The highest BCUT2D eigenvalue weighted by molar-refractivity contribution is 4.51. The molecule has 76 valence electrons. The van der Waals surface area contributed by atoms with E-state index in [0.29, 0.717) is 0 Å². The van der Waals surface area contributed by atoms with E-state index in [4.69, 9.17) is 14.9 Å². The molecule has 0 saturated carbocycles. The molecule has 3 nitrogen and oxygen atoms in total. The molecule has 0 bridgehead atoms. The van der Waals surface area contributed by atoms with Gasteiger partial charge in [0, 0.05) is 13.7 Å². The van der Waals surface area contributed by atoms with Gasteiger partial charge in [-0.3, -0.25) is 0 Å². The second kappa shape index (κ2) is 31.1. The molecule has 0 spiro atoms. The Kier molecular flexibility index (Phi) is 45.7. The number of allylic oxidation sites excluding steroid dienone is 1. The molecule has 0 atom stereocenters. The minimum Gasteiger partial charge on any atom is -0.394 e. The summed E-state index contributed by atoms with van der Waals surface area (Å²) >= 11 is 0. The zero-order valence-corrected chi connectivity index (χ0v) is 8.42. The standard InChI is InChI=1S/C4H10O.C3H6.C2H6O2/c1-3-4-5-2;1-3-2;3-1-2-4/h3-4H2,1-2H3;3H,1H2,2H3;3-4H,1-2H2. The second-order valence-corrected chi connectivity index (χ2v) is 1.85. The molecule has 0 fully saturated rings. The minimum atomic E-state index is -0.125. The van der Waals surface area contributed by atoms with Crippen LogP contribution < -0.4 is 0 Å². The number of methoxy groups -OCH3 is 1. The van der Waals surface area contributed by atoms with Crippen molar-refractivity contribution in [3.05, 3.63) is 12.7 Å². The van der Waals surface area contributed by atoms with Crippen LogP contribution in [0.15, 0.2) is 12.7 Å². The third kappa shape index (κ3) is 104. The third-order valence-corrected chi connectivity index (χ3v) is 0.508. The summed E-state index contributed by atoms with van der Waals surface area (Å²) in [6.07, 6.45) is 2.87. The Morgan fingerprint density at radius 1 is 1.33 bits per heavy atom. The van der Waals surface area contributed by atoms with Crippen molar-refractivity contribution in [1.82, 2.24) is 0 Å². The average molecular weight is 178 g/mol. The van der Waals surface area contributed by atoms with E-state index in [2.05, 4.69) is 13.5 Å². The van der Waals surface area contributed by atoms with Gasteiger partial charge in [0.2, 0.25) is 0 Å². The Hall–Kier alpha value is -0.380. The molecule has 0 rings (SSSR count). The fraction of sp³-hybridized carbons (Fsp3) is 0.778. The summed E-state index contributed by atoms with van der Waals surface area (Å²) in [6.45, 7) is 7.98. The van der Waals surface area contributed by atoms with Crippen molar-refractivity contribution < 1.29 is 14.9 Å². The van der Waals surface area contributed by atoms with Crippen LogP contribution in [0.5, 0.6) is 0 Å². The lowest BCUT2D eigenvalue weighted by atomic mass is 10.5. The Morgan fingerprint density at radius 3 is 1.67 bits per heavy atom. The Balaban J connectivity index is -0.000000105. The third-order valence-electron chi connectivity index (χ3n) is 0.508. The molecule has 0 aliphatic heterocycles. The fourth-order valence-corrected chi connectivity index (χ4v) is 0.204. The summed E-state index contributed by atoms with van der Waals surface area (Å²) in [7, 11) is 1.71. The van der Waals surface area contributed by atoms with Crippen LogP contribution in [0.4, 0.5) is 0 Å². The molecule has 0 amide bonds. The number of aliphatic hydroxyl groups excluding tert-OH is 2. The van der Waals surface area contributed by atoms with Gasteiger partial charge in [-0.2, -0.15) is 0 Å². The number of ether oxygens (including phenoxy) is 1. The SMILES string of the molecule is C=CC.CCCOC.OCCO. The predicted octanol–water partition coefficient (Wildman–Crippen LogP) is 1.21.